The summed E-state index contributed by atoms with van der Waals surface area (Å²) in [4.78, 5) is 14.9. The number of benzene rings is 2. The molecule has 0 saturated carbocycles. The molecule has 28 heavy (non-hydrogen) atoms. The molecular formula is C23H29BrN2O2. The number of hydrogen-bond acceptors (Lipinski definition) is 3. The van der Waals surface area contributed by atoms with E-state index in [1.54, 1.807) is 0 Å². The standard InChI is InChI=1S/C23H29BrN2O2/c1-23(2,19-8-10-20(24)11-9-19)17-25-22(27)14-21-16-26(12-13-28-21)15-18-6-4-3-5-7-18/h3-11,21H,12-17H2,1-2H3,(H,25,27). The first-order valence-corrected chi connectivity index (χ1v) is 10.6. The van der Waals surface area contributed by atoms with Gasteiger partial charge in [-0.1, -0.05) is 72.2 Å². The Morgan fingerprint density at radius 3 is 2.61 bits per heavy atom. The third kappa shape index (κ3) is 6.16. The highest BCUT2D eigenvalue weighted by Gasteiger charge is 2.25. The van der Waals surface area contributed by atoms with Gasteiger partial charge in [-0.25, -0.2) is 0 Å². The van der Waals surface area contributed by atoms with Crippen molar-refractivity contribution in [1.82, 2.24) is 10.2 Å². The predicted molar refractivity (Wildman–Crippen MR) is 116 cm³/mol. The molecule has 1 amide bonds. The topological polar surface area (TPSA) is 41.6 Å². The van der Waals surface area contributed by atoms with Crippen LogP contribution in [0.15, 0.2) is 59.1 Å². The van der Waals surface area contributed by atoms with Crippen molar-refractivity contribution in [2.45, 2.75) is 38.3 Å². The molecule has 1 fully saturated rings. The van der Waals surface area contributed by atoms with E-state index in [0.29, 0.717) is 19.6 Å². The highest BCUT2D eigenvalue weighted by molar-refractivity contribution is 9.10. The molecule has 0 spiro atoms. The molecule has 1 aliphatic rings. The van der Waals surface area contributed by atoms with Crippen molar-refractivity contribution >= 4 is 21.8 Å². The van der Waals surface area contributed by atoms with Gasteiger partial charge in [0.05, 0.1) is 19.1 Å². The number of amides is 1. The smallest absolute Gasteiger partial charge is 0.222 e. The van der Waals surface area contributed by atoms with Gasteiger partial charge in [-0.05, 0) is 23.3 Å². The number of carbonyl (C=O) groups excluding carboxylic acids is 1. The fourth-order valence-corrected chi connectivity index (χ4v) is 3.76. The van der Waals surface area contributed by atoms with E-state index >= 15 is 0 Å². The number of ether oxygens (including phenoxy) is 1. The number of rotatable bonds is 7. The van der Waals surface area contributed by atoms with Crippen LogP contribution in [0.5, 0.6) is 0 Å². The first-order chi connectivity index (χ1) is 13.4. The second kappa shape index (κ2) is 9.68. The summed E-state index contributed by atoms with van der Waals surface area (Å²) < 4.78 is 6.90. The minimum atomic E-state index is -0.122. The summed E-state index contributed by atoms with van der Waals surface area (Å²) in [5.74, 6) is 0.0525. The number of morpholine rings is 1. The molecule has 0 aromatic heterocycles. The Morgan fingerprint density at radius 1 is 1.18 bits per heavy atom. The third-order valence-corrected chi connectivity index (χ3v) is 5.77. The summed E-state index contributed by atoms with van der Waals surface area (Å²) >= 11 is 3.47. The molecule has 2 aromatic rings. The average Bonchev–Trinajstić information content (AvgIpc) is 2.68. The molecule has 150 valence electrons. The van der Waals surface area contributed by atoms with Crippen molar-refractivity contribution in [3.8, 4) is 0 Å². The van der Waals surface area contributed by atoms with Crippen LogP contribution >= 0.6 is 15.9 Å². The Morgan fingerprint density at radius 2 is 1.89 bits per heavy atom. The first kappa shape index (κ1) is 21.0. The van der Waals surface area contributed by atoms with Gasteiger partial charge in [0.1, 0.15) is 0 Å². The highest BCUT2D eigenvalue weighted by Crippen LogP contribution is 2.24. The minimum absolute atomic E-state index is 0.0479. The number of nitrogens with zero attached hydrogens (tertiary/aromatic N) is 1. The maximum atomic E-state index is 12.5. The average molecular weight is 445 g/mol. The summed E-state index contributed by atoms with van der Waals surface area (Å²) in [6.45, 7) is 8.18. The fraction of sp³-hybridized carbons (Fsp3) is 0.435. The monoisotopic (exact) mass is 444 g/mol. The van der Waals surface area contributed by atoms with Gasteiger partial charge in [0.25, 0.3) is 0 Å². The van der Waals surface area contributed by atoms with E-state index in [0.717, 1.165) is 24.1 Å². The Kier molecular flexibility index (Phi) is 7.27. The zero-order valence-electron chi connectivity index (χ0n) is 16.7. The van der Waals surface area contributed by atoms with Crippen LogP contribution < -0.4 is 5.32 Å². The number of halogens is 1. The molecule has 1 N–H and O–H groups in total. The lowest BCUT2D eigenvalue weighted by molar-refractivity contribution is -0.126. The summed E-state index contributed by atoms with van der Waals surface area (Å²) in [6, 6.07) is 18.7. The molecular weight excluding hydrogens is 416 g/mol. The molecule has 0 aliphatic carbocycles. The normalized spacial score (nSPS) is 18.0. The predicted octanol–water partition coefficient (Wildman–Crippen LogP) is 4.13. The quantitative estimate of drug-likeness (QED) is 0.697. The van der Waals surface area contributed by atoms with Crippen molar-refractivity contribution in [3.05, 3.63) is 70.2 Å². The van der Waals surface area contributed by atoms with Crippen molar-refractivity contribution in [3.63, 3.8) is 0 Å². The van der Waals surface area contributed by atoms with Gasteiger partial charge in [-0.2, -0.15) is 0 Å². The highest BCUT2D eigenvalue weighted by atomic mass is 79.9. The van der Waals surface area contributed by atoms with Crippen LogP contribution in [0, 0.1) is 0 Å². The van der Waals surface area contributed by atoms with Gasteiger partial charge in [0.15, 0.2) is 0 Å². The molecule has 4 nitrogen and oxygen atoms in total. The van der Waals surface area contributed by atoms with Crippen molar-refractivity contribution in [1.29, 1.82) is 0 Å². The van der Waals surface area contributed by atoms with Gasteiger partial charge in [0, 0.05) is 36.1 Å². The fourth-order valence-electron chi connectivity index (χ4n) is 3.49. The summed E-state index contributed by atoms with van der Waals surface area (Å²) in [7, 11) is 0. The van der Waals surface area contributed by atoms with Gasteiger partial charge in [0.2, 0.25) is 5.91 Å². The van der Waals surface area contributed by atoms with Crippen LogP contribution in [-0.4, -0.2) is 43.2 Å². The van der Waals surface area contributed by atoms with Crippen LogP contribution in [0.4, 0.5) is 0 Å². The van der Waals surface area contributed by atoms with Crippen molar-refractivity contribution in [2.24, 2.45) is 0 Å². The molecule has 1 aliphatic heterocycles. The van der Waals surface area contributed by atoms with E-state index in [1.165, 1.54) is 11.1 Å². The van der Waals surface area contributed by atoms with Crippen molar-refractivity contribution < 1.29 is 9.53 Å². The van der Waals surface area contributed by atoms with E-state index in [9.17, 15) is 4.79 Å². The van der Waals surface area contributed by atoms with Gasteiger partial charge in [-0.3, -0.25) is 9.69 Å². The molecule has 3 rings (SSSR count). The van der Waals surface area contributed by atoms with E-state index in [2.05, 4.69) is 76.4 Å². The molecule has 0 radical (unpaired) electrons. The number of hydrogen-bond donors (Lipinski definition) is 1. The minimum Gasteiger partial charge on any atom is -0.375 e. The lowest BCUT2D eigenvalue weighted by atomic mass is 9.84. The molecule has 0 bridgehead atoms. The third-order valence-electron chi connectivity index (χ3n) is 5.24. The maximum Gasteiger partial charge on any atom is 0.222 e. The number of carbonyl (C=O) groups is 1. The van der Waals surface area contributed by atoms with Crippen molar-refractivity contribution in [2.75, 3.05) is 26.2 Å². The zero-order valence-corrected chi connectivity index (χ0v) is 18.2. The first-order valence-electron chi connectivity index (χ1n) is 9.83. The van der Waals surface area contributed by atoms with Crippen LogP contribution in [0.2, 0.25) is 0 Å². The Labute approximate surface area is 176 Å². The zero-order chi connectivity index (χ0) is 20.0. The summed E-state index contributed by atoms with van der Waals surface area (Å²) in [6.07, 6.45) is 0.357. The second-order valence-electron chi connectivity index (χ2n) is 8.09. The molecule has 1 saturated heterocycles. The van der Waals surface area contributed by atoms with Gasteiger partial charge in [-0.15, -0.1) is 0 Å². The van der Waals surface area contributed by atoms with Gasteiger partial charge < -0.3 is 10.1 Å². The van der Waals surface area contributed by atoms with E-state index in [1.807, 2.05) is 18.2 Å². The molecule has 2 aromatic carbocycles. The van der Waals surface area contributed by atoms with Crippen LogP contribution in [0.1, 0.15) is 31.4 Å². The van der Waals surface area contributed by atoms with Gasteiger partial charge >= 0.3 is 0 Å². The SMILES string of the molecule is CC(C)(CNC(=O)CC1CN(Cc2ccccc2)CCO1)c1ccc(Br)cc1. The van der Waals surface area contributed by atoms with Crippen LogP contribution in [0.3, 0.4) is 0 Å². The number of nitrogens with one attached hydrogen (secondary N) is 1. The Balaban J connectivity index is 1.46. The largest absolute Gasteiger partial charge is 0.375 e. The lowest BCUT2D eigenvalue weighted by Crippen LogP contribution is -2.45. The molecule has 1 heterocycles. The second-order valence-corrected chi connectivity index (χ2v) is 9.00. The maximum absolute atomic E-state index is 12.5. The van der Waals surface area contributed by atoms with Crippen LogP contribution in [0.25, 0.3) is 0 Å². The Bertz CT molecular complexity index is 762. The lowest BCUT2D eigenvalue weighted by Gasteiger charge is -2.33. The van der Waals surface area contributed by atoms with E-state index < -0.39 is 0 Å². The molecule has 1 atom stereocenters. The van der Waals surface area contributed by atoms with E-state index in [-0.39, 0.29) is 17.4 Å². The molecule has 1 unspecified atom stereocenters. The Hall–Kier alpha value is -1.69. The van der Waals surface area contributed by atoms with E-state index in [4.69, 9.17) is 4.74 Å². The summed E-state index contributed by atoms with van der Waals surface area (Å²) in [5, 5.41) is 3.10. The van der Waals surface area contributed by atoms with Crippen LogP contribution in [-0.2, 0) is 21.5 Å². The summed E-state index contributed by atoms with van der Waals surface area (Å²) in [5.41, 5.74) is 2.38. The molecule has 5 heteroatoms.